The summed E-state index contributed by atoms with van der Waals surface area (Å²) in [5.41, 5.74) is 27.3. The van der Waals surface area contributed by atoms with Crippen molar-refractivity contribution >= 4 is 103 Å². The molecule has 0 spiro atoms. The van der Waals surface area contributed by atoms with E-state index in [2.05, 4.69) is 46.9 Å². The fraction of sp³-hybridized carbons (Fsp3) is 0.239. The third-order valence-corrected chi connectivity index (χ3v) is 15.6. The van der Waals surface area contributed by atoms with E-state index in [1.54, 1.807) is 36.4 Å². The lowest BCUT2D eigenvalue weighted by Gasteiger charge is -2.22. The van der Waals surface area contributed by atoms with Gasteiger partial charge in [-0.25, -0.2) is 0 Å². The number of rotatable bonds is 27. The molecule has 9 aromatic rings. The first-order chi connectivity index (χ1) is 42.3. The van der Waals surface area contributed by atoms with Gasteiger partial charge in [0, 0.05) is 92.0 Å². The SMILES string of the molecule is Cc1[nH]c2ccccc2c1CC(=O)N[C@@H](CCC(N)=O)C(=O)Nc1ccc(C(c2ccc(NC(=O)[C@H](CCC(N)=O)NC(=O)Cc3c(C)[nH]c4ccccc34)cc2)c2ccc(NC(=O)[C@H](CCC(N)=O)NC(=O)Cc3c(C)[nH]c4ccccc34)cc2)cc1. The van der Waals surface area contributed by atoms with Gasteiger partial charge in [0.25, 0.3) is 0 Å². The highest BCUT2D eigenvalue weighted by Crippen LogP contribution is 2.35. The minimum absolute atomic E-state index is 0.0158. The number of primary amides is 3. The normalized spacial score (nSPS) is 12.3. The van der Waals surface area contributed by atoms with Crippen molar-refractivity contribution in [1.82, 2.24) is 30.9 Å². The lowest BCUT2D eigenvalue weighted by Crippen LogP contribution is -2.45. The molecule has 6 aromatic carbocycles. The van der Waals surface area contributed by atoms with Crippen LogP contribution in [-0.2, 0) is 62.4 Å². The van der Waals surface area contributed by atoms with Crippen molar-refractivity contribution in [2.75, 3.05) is 16.0 Å². The van der Waals surface area contributed by atoms with Crippen LogP contribution in [0.25, 0.3) is 32.7 Å². The fourth-order valence-corrected chi connectivity index (χ4v) is 11.1. The molecule has 0 saturated heterocycles. The molecule has 0 fully saturated rings. The molecule has 452 valence electrons. The number of hydrogen-bond donors (Lipinski definition) is 12. The standard InChI is InChI=1S/C67H70N12O9/c1-37-49(46-10-4-7-13-52(46)71-37)34-61(83)77-55(28-31-58(68)80)65(86)74-43-22-16-40(17-23-43)64(41-18-24-44(25-19-41)75-66(87)56(29-32-59(69)81)78-62(84)35-50-38(2)72-53-14-8-5-11-47(50)53)42-20-26-45(27-21-42)76-67(88)57(30-33-60(70)82)79-63(85)36-51-39(3)73-54-15-9-6-12-48(51)54/h4-27,55-57,64,71-73H,28-36H2,1-3H3,(H2,68,80)(H2,69,81)(H2,70,82)(H,74,86)(H,75,87)(H,76,88)(H,77,83)(H,78,84)(H,79,85)/t55-,56-,57-/m0/s1. The van der Waals surface area contributed by atoms with Crippen LogP contribution in [0.4, 0.5) is 17.1 Å². The molecule has 3 heterocycles. The van der Waals surface area contributed by atoms with E-state index < -0.39 is 77.2 Å². The Balaban J connectivity index is 0.942. The van der Waals surface area contributed by atoms with Gasteiger partial charge in [-0.3, -0.25) is 43.2 Å². The maximum atomic E-state index is 14.0. The molecular formula is C67H70N12O9. The summed E-state index contributed by atoms with van der Waals surface area (Å²) < 4.78 is 0. The van der Waals surface area contributed by atoms with Crippen LogP contribution in [0, 0.1) is 20.8 Å². The van der Waals surface area contributed by atoms with Crippen LogP contribution in [-0.4, -0.2) is 86.2 Å². The molecule has 0 saturated carbocycles. The number of benzene rings is 6. The summed E-state index contributed by atoms with van der Waals surface area (Å²) in [5.74, 6) is -5.37. The number of H-pyrrole nitrogens is 3. The van der Waals surface area contributed by atoms with Crippen LogP contribution in [0.15, 0.2) is 146 Å². The van der Waals surface area contributed by atoms with Crippen LogP contribution in [0.3, 0.4) is 0 Å². The number of amides is 9. The van der Waals surface area contributed by atoms with Gasteiger partial charge in [0.1, 0.15) is 18.1 Å². The van der Waals surface area contributed by atoms with Crippen molar-refractivity contribution in [3.63, 3.8) is 0 Å². The molecule has 0 bridgehead atoms. The molecule has 3 atom stereocenters. The molecule has 88 heavy (non-hydrogen) atoms. The second-order valence-corrected chi connectivity index (χ2v) is 22.0. The van der Waals surface area contributed by atoms with E-state index in [-0.39, 0.29) is 57.8 Å². The van der Waals surface area contributed by atoms with Crippen molar-refractivity contribution in [1.29, 1.82) is 0 Å². The summed E-state index contributed by atoms with van der Waals surface area (Å²) in [6, 6.07) is 40.6. The lowest BCUT2D eigenvalue weighted by molar-refractivity contribution is -0.126. The molecule has 0 aliphatic carbocycles. The number of aryl methyl sites for hydroxylation is 3. The molecule has 9 amide bonds. The number of carbonyl (C=O) groups excluding carboxylic acids is 9. The van der Waals surface area contributed by atoms with Crippen molar-refractivity contribution < 1.29 is 43.2 Å². The molecule has 9 rings (SSSR count). The highest BCUT2D eigenvalue weighted by atomic mass is 16.2. The second-order valence-electron chi connectivity index (χ2n) is 22.0. The van der Waals surface area contributed by atoms with Crippen LogP contribution in [0.1, 0.15) is 94.9 Å². The van der Waals surface area contributed by atoms with Gasteiger partial charge in [-0.05, 0) is 128 Å². The quantitative estimate of drug-likeness (QED) is 0.0235. The zero-order valence-electron chi connectivity index (χ0n) is 48.9. The molecule has 3 aromatic heterocycles. The summed E-state index contributed by atoms with van der Waals surface area (Å²) in [6.07, 6.45) is -0.665. The first-order valence-corrected chi connectivity index (χ1v) is 28.9. The molecule has 21 heteroatoms. The van der Waals surface area contributed by atoms with E-state index >= 15 is 0 Å². The Morgan fingerprint density at radius 2 is 0.614 bits per heavy atom. The molecular weight excluding hydrogens is 1120 g/mol. The number of aromatic nitrogens is 3. The minimum Gasteiger partial charge on any atom is -0.370 e. The number of carbonyl (C=O) groups is 9. The zero-order valence-corrected chi connectivity index (χ0v) is 48.9. The molecule has 15 N–H and O–H groups in total. The van der Waals surface area contributed by atoms with Crippen LogP contribution >= 0.6 is 0 Å². The van der Waals surface area contributed by atoms with Gasteiger partial charge in [0.05, 0.1) is 19.3 Å². The average molecular weight is 1190 g/mol. The largest absolute Gasteiger partial charge is 0.370 e. The van der Waals surface area contributed by atoms with Gasteiger partial charge in [-0.15, -0.1) is 0 Å². The van der Waals surface area contributed by atoms with E-state index in [0.29, 0.717) is 17.1 Å². The minimum atomic E-state index is -1.11. The van der Waals surface area contributed by atoms with Crippen molar-refractivity contribution in [3.8, 4) is 0 Å². The van der Waals surface area contributed by atoms with Gasteiger partial charge < -0.3 is 64.1 Å². The van der Waals surface area contributed by atoms with E-state index in [1.165, 1.54) is 0 Å². The van der Waals surface area contributed by atoms with Crippen LogP contribution in [0.5, 0.6) is 0 Å². The Morgan fingerprint density at radius 3 is 0.864 bits per heavy atom. The van der Waals surface area contributed by atoms with E-state index in [1.807, 2.05) is 130 Å². The predicted octanol–water partition coefficient (Wildman–Crippen LogP) is 7.03. The molecule has 21 nitrogen and oxygen atoms in total. The lowest BCUT2D eigenvalue weighted by atomic mass is 9.85. The molecule has 0 radical (unpaired) electrons. The topological polar surface area (TPSA) is 351 Å². The van der Waals surface area contributed by atoms with Gasteiger partial charge in [-0.2, -0.15) is 0 Å². The fourth-order valence-electron chi connectivity index (χ4n) is 11.1. The monoisotopic (exact) mass is 1190 g/mol. The number of anilines is 3. The Labute approximate surface area is 506 Å². The smallest absolute Gasteiger partial charge is 0.246 e. The Bertz CT molecular complexity index is 3670. The van der Waals surface area contributed by atoms with Gasteiger partial charge in [0.15, 0.2) is 0 Å². The summed E-state index contributed by atoms with van der Waals surface area (Å²) in [6.45, 7) is 5.61. The van der Waals surface area contributed by atoms with Crippen molar-refractivity contribution in [2.45, 2.75) is 103 Å². The Hall–Kier alpha value is -10.8. The number of aromatic amines is 3. The summed E-state index contributed by atoms with van der Waals surface area (Å²) in [4.78, 5) is 128. The third kappa shape index (κ3) is 15.5. The Kier molecular flexibility index (Phi) is 19.6. The van der Waals surface area contributed by atoms with E-state index in [9.17, 15) is 43.2 Å². The van der Waals surface area contributed by atoms with E-state index in [4.69, 9.17) is 17.2 Å². The predicted molar refractivity (Wildman–Crippen MR) is 337 cm³/mol. The molecule has 0 unspecified atom stereocenters. The summed E-state index contributed by atoms with van der Waals surface area (Å²) in [7, 11) is 0. The van der Waals surface area contributed by atoms with Crippen LogP contribution in [0.2, 0.25) is 0 Å². The van der Waals surface area contributed by atoms with Gasteiger partial charge in [0.2, 0.25) is 53.2 Å². The molecule has 0 aliphatic heterocycles. The highest BCUT2D eigenvalue weighted by Gasteiger charge is 2.28. The highest BCUT2D eigenvalue weighted by molar-refractivity contribution is 6.01. The van der Waals surface area contributed by atoms with Crippen molar-refractivity contribution in [3.05, 3.63) is 196 Å². The summed E-state index contributed by atoms with van der Waals surface area (Å²) >= 11 is 0. The number of fused-ring (bicyclic) bond motifs is 3. The first kappa shape index (κ1) is 61.7. The van der Waals surface area contributed by atoms with Gasteiger partial charge >= 0.3 is 0 Å². The summed E-state index contributed by atoms with van der Waals surface area (Å²) in [5, 5.41) is 19.7. The third-order valence-electron chi connectivity index (χ3n) is 15.6. The Morgan fingerprint density at radius 1 is 0.364 bits per heavy atom. The second kappa shape index (κ2) is 27.9. The number of hydrogen-bond acceptors (Lipinski definition) is 9. The number of para-hydroxylation sites is 3. The van der Waals surface area contributed by atoms with Crippen LogP contribution < -0.4 is 49.1 Å². The van der Waals surface area contributed by atoms with E-state index in [0.717, 1.165) is 83.2 Å². The average Bonchev–Trinajstić information content (AvgIpc) is 2.78. The maximum absolute atomic E-state index is 14.0. The van der Waals surface area contributed by atoms with Crippen molar-refractivity contribution in [2.24, 2.45) is 17.2 Å². The first-order valence-electron chi connectivity index (χ1n) is 28.9. The number of nitrogens with two attached hydrogens (primary N) is 3. The molecule has 0 aliphatic rings. The number of nitrogens with one attached hydrogen (secondary N) is 9. The van der Waals surface area contributed by atoms with Gasteiger partial charge in [-0.1, -0.05) is 91.0 Å². The maximum Gasteiger partial charge on any atom is 0.246 e. The zero-order chi connectivity index (χ0) is 62.6.